The number of rotatable bonds is 4. The molecule has 3 unspecified atom stereocenters. The first-order valence-corrected chi connectivity index (χ1v) is 8.38. The van der Waals surface area contributed by atoms with Gasteiger partial charge in [0.25, 0.3) is 5.69 Å². The van der Waals surface area contributed by atoms with Crippen LogP contribution in [0.2, 0.25) is 5.02 Å². The van der Waals surface area contributed by atoms with Gasteiger partial charge in [0.15, 0.2) is 0 Å². The van der Waals surface area contributed by atoms with Crippen LogP contribution < -0.4 is 0 Å². The summed E-state index contributed by atoms with van der Waals surface area (Å²) in [6.45, 7) is 2.22. The predicted octanol–water partition coefficient (Wildman–Crippen LogP) is 5.38. The highest BCUT2D eigenvalue weighted by atomic mass is 79.9. The number of benzene rings is 1. The van der Waals surface area contributed by atoms with E-state index in [0.29, 0.717) is 27.8 Å². The molecule has 1 aliphatic carbocycles. The molecule has 0 heterocycles. The smallest absolute Gasteiger partial charge is 0.258 e. The molecule has 1 aromatic carbocycles. The molecule has 0 radical (unpaired) electrons. The van der Waals surface area contributed by atoms with Crippen LogP contribution in [0.5, 0.6) is 0 Å². The molecular formula is C15H19BrClNO2. The molecule has 1 fully saturated rings. The van der Waals surface area contributed by atoms with Gasteiger partial charge in [0.1, 0.15) is 0 Å². The van der Waals surface area contributed by atoms with Crippen LogP contribution in [0, 0.1) is 22.0 Å². The van der Waals surface area contributed by atoms with Gasteiger partial charge in [-0.15, -0.1) is 0 Å². The van der Waals surface area contributed by atoms with Gasteiger partial charge in [-0.3, -0.25) is 10.1 Å². The van der Waals surface area contributed by atoms with Gasteiger partial charge in [0.2, 0.25) is 0 Å². The Morgan fingerprint density at radius 1 is 1.45 bits per heavy atom. The fourth-order valence-corrected chi connectivity index (χ4v) is 4.00. The zero-order valence-corrected chi connectivity index (χ0v) is 13.9. The fraction of sp³-hybridized carbons (Fsp3) is 0.600. The monoisotopic (exact) mass is 359 g/mol. The van der Waals surface area contributed by atoms with Gasteiger partial charge in [-0.2, -0.15) is 0 Å². The quantitative estimate of drug-likeness (QED) is 0.411. The molecule has 0 saturated heterocycles. The van der Waals surface area contributed by atoms with Crippen molar-refractivity contribution in [2.75, 3.05) is 0 Å². The Balaban J connectivity index is 2.22. The van der Waals surface area contributed by atoms with Gasteiger partial charge in [0.05, 0.1) is 9.95 Å². The van der Waals surface area contributed by atoms with Gasteiger partial charge in [-0.1, -0.05) is 46.9 Å². The highest BCUT2D eigenvalue weighted by Crippen LogP contribution is 2.39. The van der Waals surface area contributed by atoms with Crippen molar-refractivity contribution in [3.8, 4) is 0 Å². The molecule has 0 aromatic heterocycles. The minimum atomic E-state index is -0.329. The number of alkyl halides is 1. The molecule has 0 bridgehead atoms. The fourth-order valence-electron chi connectivity index (χ4n) is 3.09. The second-order valence-corrected chi connectivity index (χ2v) is 7.15. The van der Waals surface area contributed by atoms with Crippen molar-refractivity contribution in [2.45, 2.75) is 43.9 Å². The summed E-state index contributed by atoms with van der Waals surface area (Å²) >= 11 is 9.93. The lowest BCUT2D eigenvalue weighted by atomic mass is 9.77. The number of hydrogen-bond donors (Lipinski definition) is 0. The van der Waals surface area contributed by atoms with E-state index in [0.717, 1.165) is 18.8 Å². The minimum Gasteiger partial charge on any atom is -0.258 e. The third-order valence-corrected chi connectivity index (χ3v) is 5.89. The lowest BCUT2D eigenvalue weighted by Gasteiger charge is -2.33. The molecule has 3 atom stereocenters. The Bertz CT molecular complexity index is 495. The van der Waals surface area contributed by atoms with E-state index in [-0.39, 0.29) is 10.6 Å². The Kier molecular flexibility index (Phi) is 5.44. The zero-order valence-electron chi connectivity index (χ0n) is 11.5. The van der Waals surface area contributed by atoms with Gasteiger partial charge >= 0.3 is 0 Å². The van der Waals surface area contributed by atoms with E-state index < -0.39 is 0 Å². The van der Waals surface area contributed by atoms with Crippen LogP contribution in [0.3, 0.4) is 0 Å². The Morgan fingerprint density at radius 3 is 2.85 bits per heavy atom. The minimum absolute atomic E-state index is 0.149. The van der Waals surface area contributed by atoms with Crippen LogP contribution >= 0.6 is 27.5 Å². The van der Waals surface area contributed by atoms with Crippen molar-refractivity contribution >= 4 is 33.2 Å². The van der Waals surface area contributed by atoms with Gasteiger partial charge in [-0.05, 0) is 43.6 Å². The number of hydrogen-bond acceptors (Lipinski definition) is 2. The third kappa shape index (κ3) is 3.53. The molecule has 20 heavy (non-hydrogen) atoms. The van der Waals surface area contributed by atoms with Crippen LogP contribution in [0.4, 0.5) is 5.69 Å². The molecule has 1 aromatic rings. The number of nitrogens with zero attached hydrogens (tertiary/aromatic N) is 1. The Labute approximate surface area is 133 Å². The summed E-state index contributed by atoms with van der Waals surface area (Å²) in [6, 6.07) is 4.93. The summed E-state index contributed by atoms with van der Waals surface area (Å²) in [5, 5.41) is 11.7. The van der Waals surface area contributed by atoms with Gasteiger partial charge in [0, 0.05) is 16.5 Å². The largest absolute Gasteiger partial charge is 0.274 e. The first kappa shape index (κ1) is 15.8. The Morgan fingerprint density at radius 2 is 2.20 bits per heavy atom. The molecule has 1 saturated carbocycles. The molecule has 0 amide bonds. The summed E-state index contributed by atoms with van der Waals surface area (Å²) in [5.41, 5.74) is 0.834. The van der Waals surface area contributed by atoms with E-state index in [2.05, 4.69) is 22.9 Å². The molecule has 1 aliphatic rings. The van der Waals surface area contributed by atoms with E-state index in [4.69, 9.17) is 11.6 Å². The predicted molar refractivity (Wildman–Crippen MR) is 85.6 cm³/mol. The van der Waals surface area contributed by atoms with E-state index in [1.807, 2.05) is 0 Å². The summed E-state index contributed by atoms with van der Waals surface area (Å²) in [7, 11) is 0. The summed E-state index contributed by atoms with van der Waals surface area (Å²) < 4.78 is 0. The average Bonchev–Trinajstić information content (AvgIpc) is 2.43. The van der Waals surface area contributed by atoms with E-state index in [9.17, 15) is 10.1 Å². The molecule has 110 valence electrons. The Hall–Kier alpha value is -0.610. The van der Waals surface area contributed by atoms with Gasteiger partial charge in [-0.25, -0.2) is 0 Å². The molecule has 0 N–H and O–H groups in total. The maximum atomic E-state index is 11.2. The second-order valence-electron chi connectivity index (χ2n) is 5.56. The van der Waals surface area contributed by atoms with Crippen LogP contribution in [-0.2, 0) is 6.42 Å². The first-order chi connectivity index (χ1) is 9.52. The van der Waals surface area contributed by atoms with E-state index in [1.54, 1.807) is 18.2 Å². The molecular weight excluding hydrogens is 342 g/mol. The van der Waals surface area contributed by atoms with Crippen molar-refractivity contribution < 1.29 is 4.92 Å². The lowest BCUT2D eigenvalue weighted by molar-refractivity contribution is -0.385. The molecule has 3 nitrogen and oxygen atoms in total. The van der Waals surface area contributed by atoms with Crippen molar-refractivity contribution in [1.82, 2.24) is 0 Å². The molecule has 0 spiro atoms. The van der Waals surface area contributed by atoms with Crippen LogP contribution in [0.25, 0.3) is 0 Å². The second kappa shape index (κ2) is 6.90. The van der Waals surface area contributed by atoms with Crippen molar-refractivity contribution in [3.05, 3.63) is 38.9 Å². The highest BCUT2D eigenvalue weighted by molar-refractivity contribution is 9.09. The van der Waals surface area contributed by atoms with E-state index in [1.165, 1.54) is 12.8 Å². The highest BCUT2D eigenvalue weighted by Gasteiger charge is 2.30. The van der Waals surface area contributed by atoms with Crippen LogP contribution in [0.1, 0.15) is 38.2 Å². The van der Waals surface area contributed by atoms with Gasteiger partial charge < -0.3 is 0 Å². The lowest BCUT2D eigenvalue weighted by Crippen LogP contribution is -2.26. The van der Waals surface area contributed by atoms with Crippen molar-refractivity contribution in [1.29, 1.82) is 0 Å². The molecule has 2 rings (SSSR count). The summed E-state index contributed by atoms with van der Waals surface area (Å²) in [6.07, 6.45) is 5.37. The SMILES string of the molecule is CCC1CCC(Br)C(Cc2c(Cl)cccc2[N+](=O)[O-])C1. The summed E-state index contributed by atoms with van der Waals surface area (Å²) in [5.74, 6) is 1.16. The van der Waals surface area contributed by atoms with Crippen molar-refractivity contribution in [2.24, 2.45) is 11.8 Å². The third-order valence-electron chi connectivity index (χ3n) is 4.33. The standard InChI is InChI=1S/C15H19BrClNO2/c1-2-10-6-7-13(16)11(8-10)9-12-14(17)4-3-5-15(12)18(19)20/h3-5,10-11,13H,2,6-9H2,1H3. The van der Waals surface area contributed by atoms with Crippen molar-refractivity contribution in [3.63, 3.8) is 0 Å². The van der Waals surface area contributed by atoms with Crippen LogP contribution in [0.15, 0.2) is 18.2 Å². The number of nitro groups is 1. The summed E-state index contributed by atoms with van der Waals surface area (Å²) in [4.78, 5) is 11.3. The molecule has 5 heteroatoms. The van der Waals surface area contributed by atoms with E-state index >= 15 is 0 Å². The maximum absolute atomic E-state index is 11.2. The van der Waals surface area contributed by atoms with Crippen LogP contribution in [-0.4, -0.2) is 9.75 Å². The first-order valence-electron chi connectivity index (χ1n) is 7.08. The number of halogens is 2. The zero-order chi connectivity index (χ0) is 14.7. The average molecular weight is 361 g/mol. The normalized spacial score (nSPS) is 26.4. The topological polar surface area (TPSA) is 43.1 Å². The number of nitro benzene ring substituents is 1. The molecule has 0 aliphatic heterocycles. The maximum Gasteiger partial charge on any atom is 0.274 e.